The monoisotopic (exact) mass is 398 g/mol. The SMILES string of the molecule is CC(C)c1ccc(C=C2SC(=O)N(CC(=O)NCCc3cnc[nH]3)C2=O)cc1. The summed E-state index contributed by atoms with van der Waals surface area (Å²) >= 11 is 0.856. The Kier molecular flexibility index (Phi) is 6.30. The van der Waals surface area contributed by atoms with Gasteiger partial charge < -0.3 is 10.3 Å². The number of carbonyl (C=O) groups is 3. The van der Waals surface area contributed by atoms with Gasteiger partial charge in [-0.1, -0.05) is 38.1 Å². The second-order valence-electron chi connectivity index (χ2n) is 6.77. The molecule has 0 unspecified atom stereocenters. The average molecular weight is 398 g/mol. The first-order valence-electron chi connectivity index (χ1n) is 9.03. The fraction of sp³-hybridized carbons (Fsp3) is 0.300. The van der Waals surface area contributed by atoms with E-state index in [0.29, 0.717) is 23.8 Å². The molecule has 3 amide bonds. The molecule has 1 fully saturated rings. The molecule has 0 saturated carbocycles. The number of carbonyl (C=O) groups excluding carboxylic acids is 3. The Bertz CT molecular complexity index is 889. The van der Waals surface area contributed by atoms with E-state index in [1.165, 1.54) is 5.56 Å². The van der Waals surface area contributed by atoms with Crippen LogP contribution in [0.4, 0.5) is 4.79 Å². The van der Waals surface area contributed by atoms with E-state index >= 15 is 0 Å². The summed E-state index contributed by atoms with van der Waals surface area (Å²) in [7, 11) is 0. The Morgan fingerprint density at radius 2 is 2.04 bits per heavy atom. The number of aromatic amines is 1. The Morgan fingerprint density at radius 1 is 1.29 bits per heavy atom. The molecule has 8 heteroatoms. The highest BCUT2D eigenvalue weighted by Gasteiger charge is 2.36. The van der Waals surface area contributed by atoms with Crippen LogP contribution in [-0.4, -0.2) is 45.0 Å². The number of nitrogens with zero attached hydrogens (tertiary/aromatic N) is 2. The van der Waals surface area contributed by atoms with Gasteiger partial charge in [0.05, 0.1) is 11.2 Å². The van der Waals surface area contributed by atoms with Crippen molar-refractivity contribution in [2.75, 3.05) is 13.1 Å². The van der Waals surface area contributed by atoms with E-state index in [9.17, 15) is 14.4 Å². The first-order chi connectivity index (χ1) is 13.4. The largest absolute Gasteiger partial charge is 0.354 e. The van der Waals surface area contributed by atoms with Gasteiger partial charge in [-0.15, -0.1) is 0 Å². The van der Waals surface area contributed by atoms with Gasteiger partial charge in [0.25, 0.3) is 11.1 Å². The molecule has 2 heterocycles. The molecule has 0 atom stereocenters. The summed E-state index contributed by atoms with van der Waals surface area (Å²) in [6.45, 7) is 4.34. The van der Waals surface area contributed by atoms with E-state index in [2.05, 4.69) is 29.1 Å². The smallest absolute Gasteiger partial charge is 0.294 e. The molecule has 1 aromatic heterocycles. The number of thioether (sulfide) groups is 1. The fourth-order valence-electron chi connectivity index (χ4n) is 2.72. The van der Waals surface area contributed by atoms with Gasteiger partial charge in [0.1, 0.15) is 6.54 Å². The van der Waals surface area contributed by atoms with Crippen molar-refractivity contribution >= 4 is 34.9 Å². The maximum atomic E-state index is 12.5. The van der Waals surface area contributed by atoms with Gasteiger partial charge in [-0.25, -0.2) is 4.98 Å². The van der Waals surface area contributed by atoms with Crippen LogP contribution in [0.5, 0.6) is 0 Å². The molecular weight excluding hydrogens is 376 g/mol. The van der Waals surface area contributed by atoms with Crippen LogP contribution in [-0.2, 0) is 16.0 Å². The molecule has 0 radical (unpaired) electrons. The van der Waals surface area contributed by atoms with Crippen LogP contribution in [0.3, 0.4) is 0 Å². The first-order valence-corrected chi connectivity index (χ1v) is 9.85. The van der Waals surface area contributed by atoms with Crippen LogP contribution < -0.4 is 5.32 Å². The molecule has 0 spiro atoms. The number of hydrogen-bond donors (Lipinski definition) is 2. The molecule has 1 aliphatic heterocycles. The predicted molar refractivity (Wildman–Crippen MR) is 109 cm³/mol. The lowest BCUT2D eigenvalue weighted by Crippen LogP contribution is -2.40. The summed E-state index contributed by atoms with van der Waals surface area (Å²) in [6, 6.07) is 7.86. The molecule has 1 aromatic carbocycles. The van der Waals surface area contributed by atoms with Crippen molar-refractivity contribution in [2.24, 2.45) is 0 Å². The number of nitrogens with one attached hydrogen (secondary N) is 2. The van der Waals surface area contributed by atoms with E-state index in [4.69, 9.17) is 0 Å². The molecule has 1 saturated heterocycles. The molecule has 3 rings (SSSR count). The summed E-state index contributed by atoms with van der Waals surface area (Å²) in [5.74, 6) is -0.385. The molecule has 1 aliphatic rings. The van der Waals surface area contributed by atoms with Crippen molar-refractivity contribution < 1.29 is 14.4 Å². The summed E-state index contributed by atoms with van der Waals surface area (Å²) in [6.07, 6.45) is 5.53. The van der Waals surface area contributed by atoms with Gasteiger partial charge in [-0.3, -0.25) is 19.3 Å². The van der Waals surface area contributed by atoms with Crippen LogP contribution in [0.25, 0.3) is 6.08 Å². The number of benzene rings is 1. The summed E-state index contributed by atoms with van der Waals surface area (Å²) in [5, 5.41) is 2.28. The number of aromatic nitrogens is 2. The number of hydrogen-bond acceptors (Lipinski definition) is 5. The van der Waals surface area contributed by atoms with Crippen LogP contribution in [0.2, 0.25) is 0 Å². The van der Waals surface area contributed by atoms with Crippen molar-refractivity contribution in [3.05, 3.63) is 58.5 Å². The Morgan fingerprint density at radius 3 is 2.68 bits per heavy atom. The number of amides is 3. The summed E-state index contributed by atoms with van der Waals surface area (Å²) in [4.78, 5) is 44.9. The number of rotatable bonds is 7. The van der Waals surface area contributed by atoms with Crippen molar-refractivity contribution in [3.8, 4) is 0 Å². The van der Waals surface area contributed by atoms with E-state index in [0.717, 1.165) is 27.9 Å². The lowest BCUT2D eigenvalue weighted by Gasteiger charge is -2.12. The fourth-order valence-corrected chi connectivity index (χ4v) is 3.56. The third kappa shape index (κ3) is 4.89. The normalized spacial score (nSPS) is 15.7. The molecule has 0 bridgehead atoms. The zero-order chi connectivity index (χ0) is 20.1. The van der Waals surface area contributed by atoms with Crippen LogP contribution in [0, 0.1) is 0 Å². The van der Waals surface area contributed by atoms with Crippen molar-refractivity contribution in [3.63, 3.8) is 0 Å². The minimum Gasteiger partial charge on any atom is -0.354 e. The molecular formula is C20H22N4O3S. The van der Waals surface area contributed by atoms with Gasteiger partial charge in [0.15, 0.2) is 0 Å². The predicted octanol–water partition coefficient (Wildman–Crippen LogP) is 2.93. The maximum absolute atomic E-state index is 12.5. The highest BCUT2D eigenvalue weighted by atomic mass is 32.2. The second-order valence-corrected chi connectivity index (χ2v) is 7.76. The topological polar surface area (TPSA) is 95.2 Å². The molecule has 0 aliphatic carbocycles. The minimum atomic E-state index is -0.438. The molecule has 2 aromatic rings. The van der Waals surface area contributed by atoms with E-state index in [1.54, 1.807) is 18.6 Å². The number of imidazole rings is 1. The number of H-pyrrole nitrogens is 1. The first kappa shape index (κ1) is 19.9. The third-order valence-electron chi connectivity index (χ3n) is 4.35. The van der Waals surface area contributed by atoms with E-state index < -0.39 is 11.1 Å². The molecule has 146 valence electrons. The number of imide groups is 1. The third-order valence-corrected chi connectivity index (χ3v) is 5.25. The van der Waals surface area contributed by atoms with Gasteiger partial charge in [-0.2, -0.15) is 0 Å². The zero-order valence-electron chi connectivity index (χ0n) is 15.8. The highest BCUT2D eigenvalue weighted by Crippen LogP contribution is 2.32. The van der Waals surface area contributed by atoms with Crippen molar-refractivity contribution in [1.82, 2.24) is 20.2 Å². The quantitative estimate of drug-likeness (QED) is 0.699. The van der Waals surface area contributed by atoms with E-state index in [1.807, 2.05) is 24.3 Å². The summed E-state index contributed by atoms with van der Waals surface area (Å²) in [5.41, 5.74) is 2.95. The van der Waals surface area contributed by atoms with Crippen LogP contribution in [0.15, 0.2) is 41.7 Å². The second kappa shape index (κ2) is 8.88. The maximum Gasteiger partial charge on any atom is 0.294 e. The average Bonchev–Trinajstić information content (AvgIpc) is 3.26. The van der Waals surface area contributed by atoms with Gasteiger partial charge >= 0.3 is 0 Å². The molecule has 2 N–H and O–H groups in total. The van der Waals surface area contributed by atoms with Gasteiger partial charge in [0, 0.05) is 24.9 Å². The minimum absolute atomic E-state index is 0.280. The van der Waals surface area contributed by atoms with Crippen LogP contribution >= 0.6 is 11.8 Å². The Balaban J connectivity index is 1.57. The standard InChI is InChI=1S/C20H22N4O3S/c1-13(2)15-5-3-14(4-6-15)9-17-19(26)24(20(27)28-17)11-18(25)22-8-7-16-10-21-12-23-16/h3-6,9-10,12-13H,7-8,11H2,1-2H3,(H,21,23)(H,22,25). The Hall–Kier alpha value is -2.87. The zero-order valence-corrected chi connectivity index (χ0v) is 16.6. The molecule has 28 heavy (non-hydrogen) atoms. The molecule has 7 nitrogen and oxygen atoms in total. The van der Waals surface area contributed by atoms with Gasteiger partial charge in [-0.05, 0) is 34.9 Å². The Labute approximate surface area is 167 Å². The van der Waals surface area contributed by atoms with Crippen LogP contribution in [0.1, 0.15) is 36.6 Å². The lowest BCUT2D eigenvalue weighted by molar-refractivity contribution is -0.129. The van der Waals surface area contributed by atoms with E-state index in [-0.39, 0.29) is 12.5 Å². The summed E-state index contributed by atoms with van der Waals surface area (Å²) < 4.78 is 0. The highest BCUT2D eigenvalue weighted by molar-refractivity contribution is 8.18. The van der Waals surface area contributed by atoms with Crippen molar-refractivity contribution in [2.45, 2.75) is 26.2 Å². The lowest BCUT2D eigenvalue weighted by atomic mass is 10.0. The van der Waals surface area contributed by atoms with Gasteiger partial charge in [0.2, 0.25) is 5.91 Å². The van der Waals surface area contributed by atoms with Crippen molar-refractivity contribution in [1.29, 1.82) is 0 Å².